The Morgan fingerprint density at radius 2 is 1.81 bits per heavy atom. The number of anilines is 1. The average molecular weight is 561 g/mol. The van der Waals surface area contributed by atoms with Crippen LogP contribution in [0.4, 0.5) is 10.1 Å². The van der Waals surface area contributed by atoms with Crippen molar-refractivity contribution >= 4 is 33.4 Å². The minimum Gasteiger partial charge on any atom is -0.353 e. The summed E-state index contributed by atoms with van der Waals surface area (Å²) in [6, 6.07) is 12.7. The smallest absolute Gasteiger partial charge is 0.224 e. The Morgan fingerprint density at radius 1 is 0.952 bits per heavy atom. The van der Waals surface area contributed by atoms with Gasteiger partial charge in [0.05, 0.1) is 40.7 Å². The number of aromatic nitrogens is 6. The number of H-pyrrole nitrogens is 2. The Balaban J connectivity index is 1.20. The number of aryl methyl sites for hydroxylation is 1. The summed E-state index contributed by atoms with van der Waals surface area (Å²) in [6.45, 7) is 3.79. The summed E-state index contributed by atoms with van der Waals surface area (Å²) in [4.78, 5) is 29.7. The van der Waals surface area contributed by atoms with E-state index in [0.29, 0.717) is 29.4 Å². The van der Waals surface area contributed by atoms with Crippen molar-refractivity contribution < 1.29 is 9.18 Å². The van der Waals surface area contributed by atoms with Gasteiger partial charge in [0.1, 0.15) is 11.5 Å². The minimum atomic E-state index is -0.294. The van der Waals surface area contributed by atoms with Gasteiger partial charge in [-0.2, -0.15) is 5.10 Å². The minimum absolute atomic E-state index is 0.00227. The fourth-order valence-electron chi connectivity index (χ4n) is 5.77. The molecule has 0 bridgehead atoms. The van der Waals surface area contributed by atoms with E-state index >= 15 is 0 Å². The molecule has 0 spiro atoms. The van der Waals surface area contributed by atoms with Crippen LogP contribution >= 0.6 is 0 Å². The van der Waals surface area contributed by atoms with Gasteiger partial charge < -0.3 is 15.6 Å². The van der Waals surface area contributed by atoms with Crippen molar-refractivity contribution in [2.24, 2.45) is 5.92 Å². The van der Waals surface area contributed by atoms with Crippen molar-refractivity contribution in [3.05, 3.63) is 78.6 Å². The molecule has 0 atom stereocenters. The molecule has 1 saturated heterocycles. The van der Waals surface area contributed by atoms with Gasteiger partial charge in [0.25, 0.3) is 0 Å². The topological polar surface area (TPSA) is 124 Å². The fraction of sp³-hybridized carbons (Fsp3) is 0.219. The zero-order valence-corrected chi connectivity index (χ0v) is 23.0. The van der Waals surface area contributed by atoms with Crippen LogP contribution in [0.3, 0.4) is 0 Å². The molecular weight excluding hydrogens is 531 g/mol. The molecule has 5 aromatic heterocycles. The summed E-state index contributed by atoms with van der Waals surface area (Å²) < 4.78 is 14.2. The lowest BCUT2D eigenvalue weighted by molar-refractivity contribution is -0.117. The first-order valence-corrected chi connectivity index (χ1v) is 14.1. The Bertz CT molecular complexity index is 1920. The molecule has 0 saturated carbocycles. The molecule has 6 heterocycles. The SMILES string of the molecule is Cc1cc(F)cc(-c2nccc3[nH]c(-c4n[nH]c5cnc(-c6cncc(NC(=O)CC7CCNCC7)c6)cc45)cc23)c1. The van der Waals surface area contributed by atoms with Crippen LogP contribution in [0.2, 0.25) is 0 Å². The quantitative estimate of drug-likeness (QED) is 0.198. The lowest BCUT2D eigenvalue weighted by atomic mass is 9.94. The molecule has 1 fully saturated rings. The normalized spacial score (nSPS) is 14.0. The summed E-state index contributed by atoms with van der Waals surface area (Å²) >= 11 is 0. The van der Waals surface area contributed by atoms with Gasteiger partial charge in [0, 0.05) is 46.2 Å². The van der Waals surface area contributed by atoms with E-state index < -0.39 is 0 Å². The second-order valence-electron chi connectivity index (χ2n) is 10.9. The number of benzene rings is 1. The van der Waals surface area contributed by atoms with Crippen LogP contribution in [0.5, 0.6) is 0 Å². The monoisotopic (exact) mass is 560 g/mol. The maximum atomic E-state index is 14.2. The van der Waals surface area contributed by atoms with Crippen LogP contribution in [0.15, 0.2) is 67.3 Å². The van der Waals surface area contributed by atoms with Crippen molar-refractivity contribution in [1.82, 2.24) is 35.5 Å². The highest BCUT2D eigenvalue weighted by atomic mass is 19.1. The highest BCUT2D eigenvalue weighted by Crippen LogP contribution is 2.34. The number of carbonyl (C=O) groups excluding carboxylic acids is 1. The second kappa shape index (κ2) is 10.8. The van der Waals surface area contributed by atoms with Gasteiger partial charge in [-0.15, -0.1) is 0 Å². The second-order valence-corrected chi connectivity index (χ2v) is 10.9. The van der Waals surface area contributed by atoms with Gasteiger partial charge >= 0.3 is 0 Å². The summed E-state index contributed by atoms with van der Waals surface area (Å²) in [6.07, 6.45) is 9.39. The average Bonchev–Trinajstić information content (AvgIpc) is 3.61. The third-order valence-corrected chi connectivity index (χ3v) is 7.82. The fourth-order valence-corrected chi connectivity index (χ4v) is 5.77. The van der Waals surface area contributed by atoms with Crippen molar-refractivity contribution in [2.75, 3.05) is 18.4 Å². The highest BCUT2D eigenvalue weighted by Gasteiger charge is 2.18. The summed E-state index contributed by atoms with van der Waals surface area (Å²) in [5.41, 5.74) is 7.57. The van der Waals surface area contributed by atoms with Crippen LogP contribution in [0.1, 0.15) is 24.8 Å². The van der Waals surface area contributed by atoms with Gasteiger partial charge in [-0.3, -0.25) is 24.8 Å². The molecule has 9 nitrogen and oxygen atoms in total. The number of fused-ring (bicyclic) bond motifs is 2. The van der Waals surface area contributed by atoms with Gasteiger partial charge in [-0.25, -0.2) is 4.39 Å². The molecule has 1 amide bonds. The molecule has 1 aromatic carbocycles. The number of hydrogen-bond donors (Lipinski definition) is 4. The number of hydrogen-bond acceptors (Lipinski definition) is 6. The molecule has 1 aliphatic heterocycles. The predicted molar refractivity (Wildman–Crippen MR) is 161 cm³/mol. The first-order chi connectivity index (χ1) is 20.5. The summed E-state index contributed by atoms with van der Waals surface area (Å²) in [7, 11) is 0. The number of piperidine rings is 1. The van der Waals surface area contributed by atoms with E-state index in [9.17, 15) is 9.18 Å². The van der Waals surface area contributed by atoms with Crippen LogP contribution in [-0.4, -0.2) is 49.1 Å². The molecule has 7 rings (SSSR count). The molecule has 0 aliphatic carbocycles. The number of nitrogens with zero attached hydrogens (tertiary/aromatic N) is 4. The van der Waals surface area contributed by atoms with Crippen LogP contribution in [-0.2, 0) is 4.79 Å². The third kappa shape index (κ3) is 5.12. The summed E-state index contributed by atoms with van der Waals surface area (Å²) in [5.74, 6) is 0.112. The van der Waals surface area contributed by atoms with E-state index in [1.54, 1.807) is 24.8 Å². The Morgan fingerprint density at radius 3 is 2.67 bits per heavy atom. The zero-order chi connectivity index (χ0) is 28.6. The Hall–Kier alpha value is -4.96. The number of nitrogens with one attached hydrogen (secondary N) is 4. The first kappa shape index (κ1) is 26.0. The number of carbonyl (C=O) groups is 1. The Labute approximate surface area is 241 Å². The van der Waals surface area contributed by atoms with E-state index in [2.05, 4.69) is 40.8 Å². The maximum Gasteiger partial charge on any atom is 0.224 e. The van der Waals surface area contributed by atoms with Gasteiger partial charge in [0.15, 0.2) is 0 Å². The van der Waals surface area contributed by atoms with Gasteiger partial charge in [-0.05, 0) is 86.8 Å². The van der Waals surface area contributed by atoms with Gasteiger partial charge in [-0.1, -0.05) is 0 Å². The number of pyridine rings is 3. The van der Waals surface area contributed by atoms with Gasteiger partial charge in [0.2, 0.25) is 5.91 Å². The predicted octanol–water partition coefficient (Wildman–Crippen LogP) is 6.01. The summed E-state index contributed by atoms with van der Waals surface area (Å²) in [5, 5.41) is 15.8. The molecule has 0 unspecified atom stereocenters. The largest absolute Gasteiger partial charge is 0.353 e. The standard InChI is InChI=1S/C32H29FN8O/c1-18-8-20(11-22(33)9-18)31-24-14-28(39-26(24)4-7-36-31)32-25-13-27(37-17-29(25)40-41-32)21-12-23(16-35-15-21)38-30(42)10-19-2-5-34-6-3-19/h4,7-9,11-17,19,34,39H,2-3,5-6,10H2,1H3,(H,38,42)(H,40,41). The lowest BCUT2D eigenvalue weighted by Crippen LogP contribution is -2.30. The van der Waals surface area contributed by atoms with Crippen molar-refractivity contribution in [1.29, 1.82) is 0 Å². The number of halogens is 1. The molecule has 6 aromatic rings. The number of rotatable bonds is 6. The van der Waals surface area contributed by atoms with Crippen LogP contribution in [0, 0.1) is 18.7 Å². The molecule has 0 radical (unpaired) electrons. The molecule has 42 heavy (non-hydrogen) atoms. The zero-order valence-electron chi connectivity index (χ0n) is 23.0. The Kier molecular flexibility index (Phi) is 6.67. The van der Waals surface area contributed by atoms with Crippen molar-refractivity contribution in [3.8, 4) is 33.9 Å². The number of amides is 1. The molecule has 4 N–H and O–H groups in total. The van der Waals surface area contributed by atoms with E-state index in [-0.39, 0.29) is 11.7 Å². The van der Waals surface area contributed by atoms with Crippen LogP contribution < -0.4 is 10.6 Å². The maximum absolute atomic E-state index is 14.2. The van der Waals surface area contributed by atoms with Crippen molar-refractivity contribution in [2.45, 2.75) is 26.2 Å². The molecule has 210 valence electrons. The van der Waals surface area contributed by atoms with E-state index in [0.717, 1.165) is 75.8 Å². The first-order valence-electron chi connectivity index (χ1n) is 14.1. The molecular formula is C32H29FN8O. The number of aromatic amines is 2. The van der Waals surface area contributed by atoms with Crippen LogP contribution in [0.25, 0.3) is 55.7 Å². The molecule has 10 heteroatoms. The van der Waals surface area contributed by atoms with E-state index in [4.69, 9.17) is 0 Å². The third-order valence-electron chi connectivity index (χ3n) is 7.82. The highest BCUT2D eigenvalue weighted by molar-refractivity contribution is 6.00. The van der Waals surface area contributed by atoms with E-state index in [1.807, 2.05) is 37.3 Å². The lowest BCUT2D eigenvalue weighted by Gasteiger charge is -2.21. The van der Waals surface area contributed by atoms with E-state index in [1.165, 1.54) is 12.1 Å². The van der Waals surface area contributed by atoms with Crippen molar-refractivity contribution in [3.63, 3.8) is 0 Å². The molecule has 1 aliphatic rings.